The van der Waals surface area contributed by atoms with Crippen molar-refractivity contribution in [1.82, 2.24) is 10.3 Å². The molecule has 17 heavy (non-hydrogen) atoms. The SMILES string of the molecule is CNc1nc(N)c(C(=O)NCC2CCCO2)s1. The summed E-state index contributed by atoms with van der Waals surface area (Å²) < 4.78 is 5.43. The van der Waals surface area contributed by atoms with E-state index in [0.717, 1.165) is 19.4 Å². The van der Waals surface area contributed by atoms with Crippen molar-refractivity contribution in [2.75, 3.05) is 31.2 Å². The summed E-state index contributed by atoms with van der Waals surface area (Å²) in [5, 5.41) is 6.32. The molecule has 4 N–H and O–H groups in total. The number of rotatable bonds is 4. The van der Waals surface area contributed by atoms with Crippen LogP contribution in [0.25, 0.3) is 0 Å². The summed E-state index contributed by atoms with van der Waals surface area (Å²) in [6.07, 6.45) is 2.20. The Morgan fingerprint density at radius 2 is 2.53 bits per heavy atom. The number of carbonyl (C=O) groups is 1. The lowest BCUT2D eigenvalue weighted by atomic mass is 10.2. The zero-order valence-corrected chi connectivity index (χ0v) is 10.5. The Morgan fingerprint density at radius 3 is 3.12 bits per heavy atom. The van der Waals surface area contributed by atoms with E-state index >= 15 is 0 Å². The lowest BCUT2D eigenvalue weighted by Gasteiger charge is -2.09. The molecule has 0 aliphatic carbocycles. The first-order valence-electron chi connectivity index (χ1n) is 5.54. The normalized spacial score (nSPS) is 19.2. The van der Waals surface area contributed by atoms with Gasteiger partial charge in [0, 0.05) is 20.2 Å². The van der Waals surface area contributed by atoms with Gasteiger partial charge in [-0.05, 0) is 12.8 Å². The van der Waals surface area contributed by atoms with Crippen LogP contribution in [0.1, 0.15) is 22.5 Å². The zero-order valence-electron chi connectivity index (χ0n) is 9.66. The number of nitrogens with two attached hydrogens (primary N) is 1. The van der Waals surface area contributed by atoms with E-state index in [2.05, 4.69) is 15.6 Å². The Labute approximate surface area is 104 Å². The van der Waals surface area contributed by atoms with Crippen LogP contribution in [0.5, 0.6) is 0 Å². The number of amides is 1. The average Bonchev–Trinajstić information content (AvgIpc) is 2.94. The van der Waals surface area contributed by atoms with Crippen LogP contribution in [-0.2, 0) is 4.74 Å². The van der Waals surface area contributed by atoms with Gasteiger partial charge in [-0.1, -0.05) is 11.3 Å². The van der Waals surface area contributed by atoms with Crippen LogP contribution in [0.2, 0.25) is 0 Å². The Hall–Kier alpha value is -1.34. The average molecular weight is 256 g/mol. The van der Waals surface area contributed by atoms with Gasteiger partial charge in [0.05, 0.1) is 6.10 Å². The zero-order chi connectivity index (χ0) is 12.3. The minimum atomic E-state index is -0.183. The number of hydrogen-bond acceptors (Lipinski definition) is 6. The largest absolute Gasteiger partial charge is 0.382 e. The van der Waals surface area contributed by atoms with E-state index in [4.69, 9.17) is 10.5 Å². The quantitative estimate of drug-likeness (QED) is 0.737. The molecule has 6 nitrogen and oxygen atoms in total. The van der Waals surface area contributed by atoms with Gasteiger partial charge in [0.25, 0.3) is 5.91 Å². The third-order valence-electron chi connectivity index (χ3n) is 2.59. The number of nitrogen functional groups attached to an aromatic ring is 1. The molecule has 1 unspecified atom stereocenters. The first kappa shape index (κ1) is 12.1. The first-order chi connectivity index (χ1) is 8.20. The Kier molecular flexibility index (Phi) is 3.80. The molecular weight excluding hydrogens is 240 g/mol. The number of aromatic nitrogens is 1. The standard InChI is InChI=1S/C10H16N4O2S/c1-12-10-14-8(11)7(17-10)9(15)13-5-6-3-2-4-16-6/h6H,2-5,11H2,1H3,(H,12,14)(H,13,15). The highest BCUT2D eigenvalue weighted by molar-refractivity contribution is 7.18. The van der Waals surface area contributed by atoms with Gasteiger partial charge in [-0.3, -0.25) is 4.79 Å². The smallest absolute Gasteiger partial charge is 0.265 e. The molecule has 1 amide bonds. The van der Waals surface area contributed by atoms with Gasteiger partial charge in [0.2, 0.25) is 0 Å². The number of thiazole rings is 1. The number of carbonyl (C=O) groups excluding carboxylic acids is 1. The molecule has 1 aliphatic heterocycles. The molecule has 0 saturated carbocycles. The molecule has 1 fully saturated rings. The third-order valence-corrected chi connectivity index (χ3v) is 3.68. The van der Waals surface area contributed by atoms with Crippen LogP contribution in [0, 0.1) is 0 Å². The van der Waals surface area contributed by atoms with E-state index in [1.807, 2.05) is 0 Å². The van der Waals surface area contributed by atoms with Crippen molar-refractivity contribution < 1.29 is 9.53 Å². The first-order valence-corrected chi connectivity index (χ1v) is 6.36. The van der Waals surface area contributed by atoms with Crippen LogP contribution in [0.4, 0.5) is 10.9 Å². The Morgan fingerprint density at radius 1 is 1.71 bits per heavy atom. The highest BCUT2D eigenvalue weighted by Crippen LogP contribution is 2.24. The molecule has 1 atom stereocenters. The van der Waals surface area contributed by atoms with Crippen molar-refractivity contribution in [2.45, 2.75) is 18.9 Å². The molecule has 0 aromatic carbocycles. The Bertz CT molecular complexity index is 401. The lowest BCUT2D eigenvalue weighted by Crippen LogP contribution is -2.31. The van der Waals surface area contributed by atoms with E-state index in [1.165, 1.54) is 11.3 Å². The number of nitrogens with zero attached hydrogens (tertiary/aromatic N) is 1. The van der Waals surface area contributed by atoms with Crippen molar-refractivity contribution in [2.24, 2.45) is 0 Å². The van der Waals surface area contributed by atoms with E-state index < -0.39 is 0 Å². The molecule has 0 spiro atoms. The topological polar surface area (TPSA) is 89.3 Å². The van der Waals surface area contributed by atoms with Gasteiger partial charge in [-0.2, -0.15) is 0 Å². The summed E-state index contributed by atoms with van der Waals surface area (Å²) in [6.45, 7) is 1.32. The Balaban J connectivity index is 1.91. The van der Waals surface area contributed by atoms with E-state index in [9.17, 15) is 4.79 Å². The molecule has 2 rings (SSSR count). The van der Waals surface area contributed by atoms with Crippen LogP contribution in [0.15, 0.2) is 0 Å². The number of hydrogen-bond donors (Lipinski definition) is 3. The number of ether oxygens (including phenoxy) is 1. The van der Waals surface area contributed by atoms with Crippen molar-refractivity contribution in [3.05, 3.63) is 4.88 Å². The van der Waals surface area contributed by atoms with Crippen LogP contribution < -0.4 is 16.4 Å². The summed E-state index contributed by atoms with van der Waals surface area (Å²) in [6, 6.07) is 0. The number of nitrogens with one attached hydrogen (secondary N) is 2. The molecular formula is C10H16N4O2S. The summed E-state index contributed by atoms with van der Waals surface area (Å²) in [4.78, 5) is 16.3. The maximum absolute atomic E-state index is 11.8. The van der Waals surface area contributed by atoms with Gasteiger partial charge >= 0.3 is 0 Å². The summed E-state index contributed by atoms with van der Waals surface area (Å²) >= 11 is 1.25. The maximum Gasteiger partial charge on any atom is 0.265 e. The van der Waals surface area contributed by atoms with Gasteiger partial charge in [-0.25, -0.2) is 4.98 Å². The van der Waals surface area contributed by atoms with E-state index in [0.29, 0.717) is 16.6 Å². The predicted molar refractivity (Wildman–Crippen MR) is 67.4 cm³/mol. The monoisotopic (exact) mass is 256 g/mol. The fourth-order valence-electron chi connectivity index (χ4n) is 1.69. The predicted octanol–water partition coefficient (Wildman–Crippen LogP) is 0.676. The summed E-state index contributed by atoms with van der Waals surface area (Å²) in [5.41, 5.74) is 5.67. The minimum absolute atomic E-state index is 0.136. The molecule has 0 bridgehead atoms. The minimum Gasteiger partial charge on any atom is -0.382 e. The molecule has 1 aromatic rings. The van der Waals surface area contributed by atoms with Gasteiger partial charge in [0.15, 0.2) is 5.13 Å². The molecule has 7 heteroatoms. The fraction of sp³-hybridized carbons (Fsp3) is 0.600. The van der Waals surface area contributed by atoms with Crippen molar-refractivity contribution in [3.8, 4) is 0 Å². The molecule has 2 heterocycles. The van der Waals surface area contributed by atoms with E-state index in [1.54, 1.807) is 7.05 Å². The second kappa shape index (κ2) is 5.33. The fourth-order valence-corrected chi connectivity index (χ4v) is 2.45. The van der Waals surface area contributed by atoms with Crippen LogP contribution >= 0.6 is 11.3 Å². The lowest BCUT2D eigenvalue weighted by molar-refractivity contribution is 0.0861. The molecule has 0 radical (unpaired) electrons. The van der Waals surface area contributed by atoms with E-state index in [-0.39, 0.29) is 17.8 Å². The summed E-state index contributed by atoms with van der Waals surface area (Å²) in [5.74, 6) is 0.0844. The van der Waals surface area contributed by atoms with Gasteiger partial charge < -0.3 is 21.1 Å². The maximum atomic E-state index is 11.8. The van der Waals surface area contributed by atoms with Crippen molar-refractivity contribution in [1.29, 1.82) is 0 Å². The highest BCUT2D eigenvalue weighted by atomic mass is 32.1. The van der Waals surface area contributed by atoms with Crippen LogP contribution in [0.3, 0.4) is 0 Å². The molecule has 1 aliphatic rings. The third kappa shape index (κ3) is 2.86. The summed E-state index contributed by atoms with van der Waals surface area (Å²) in [7, 11) is 1.74. The van der Waals surface area contributed by atoms with Crippen LogP contribution in [-0.4, -0.2) is 37.2 Å². The van der Waals surface area contributed by atoms with Crippen molar-refractivity contribution >= 4 is 28.2 Å². The molecule has 94 valence electrons. The molecule has 1 aromatic heterocycles. The van der Waals surface area contributed by atoms with Gasteiger partial charge in [-0.15, -0.1) is 0 Å². The van der Waals surface area contributed by atoms with Crippen molar-refractivity contribution in [3.63, 3.8) is 0 Å². The highest BCUT2D eigenvalue weighted by Gasteiger charge is 2.19. The number of anilines is 2. The second-order valence-electron chi connectivity index (χ2n) is 3.83. The molecule has 1 saturated heterocycles. The van der Waals surface area contributed by atoms with Gasteiger partial charge in [0.1, 0.15) is 10.7 Å². The second-order valence-corrected chi connectivity index (χ2v) is 4.83.